The number of nitrogens with zero attached hydrogens (tertiary/aromatic N) is 5. The average Bonchev–Trinajstić information content (AvgIpc) is 3.12. The molecule has 2 aromatic rings. The number of hydrogen-bond acceptors (Lipinski definition) is 6. The summed E-state index contributed by atoms with van der Waals surface area (Å²) in [5, 5.41) is 8.94. The Labute approximate surface area is 158 Å². The highest BCUT2D eigenvalue weighted by Crippen LogP contribution is 2.34. The number of halogens is 3. The fraction of sp³-hybridized carbons (Fsp3) is 0.500. The molecule has 0 radical (unpaired) electrons. The van der Waals surface area contributed by atoms with Gasteiger partial charge in [-0.15, -0.1) is 10.2 Å². The van der Waals surface area contributed by atoms with E-state index in [0.29, 0.717) is 50.5 Å². The van der Waals surface area contributed by atoms with Crippen LogP contribution in [0.25, 0.3) is 0 Å². The maximum absolute atomic E-state index is 12.6. The molecule has 7 nitrogen and oxygen atoms in total. The molecule has 2 amide bonds. The second kappa shape index (κ2) is 8.07. The molecule has 1 aliphatic heterocycles. The first-order valence-electron chi connectivity index (χ1n) is 8.44. The van der Waals surface area contributed by atoms with Crippen LogP contribution in [0, 0.1) is 6.92 Å². The van der Waals surface area contributed by atoms with E-state index >= 15 is 0 Å². The van der Waals surface area contributed by atoms with Crippen LogP contribution in [-0.4, -0.2) is 58.8 Å². The van der Waals surface area contributed by atoms with Crippen molar-refractivity contribution in [3.05, 3.63) is 34.6 Å². The fourth-order valence-corrected chi connectivity index (χ4v) is 3.47. The Hall–Kier alpha value is -2.43. The van der Waals surface area contributed by atoms with Crippen molar-refractivity contribution in [1.82, 2.24) is 25.4 Å². The maximum atomic E-state index is 12.6. The van der Waals surface area contributed by atoms with E-state index in [1.54, 1.807) is 9.80 Å². The molecule has 1 N–H and O–H groups in total. The minimum Gasteiger partial charge on any atom is -0.343 e. The smallest absolute Gasteiger partial charge is 0.343 e. The summed E-state index contributed by atoms with van der Waals surface area (Å²) in [7, 11) is 0. The quantitative estimate of drug-likeness (QED) is 0.853. The maximum Gasteiger partial charge on any atom is 0.445 e. The summed E-state index contributed by atoms with van der Waals surface area (Å²) < 4.78 is 37.9. The minimum absolute atomic E-state index is 0.185. The highest BCUT2D eigenvalue weighted by atomic mass is 32.1. The zero-order chi connectivity index (χ0) is 19.4. The van der Waals surface area contributed by atoms with Crippen LogP contribution in [0.4, 0.5) is 23.1 Å². The molecule has 3 heterocycles. The first-order valence-corrected chi connectivity index (χ1v) is 9.25. The van der Waals surface area contributed by atoms with E-state index in [1.807, 2.05) is 25.1 Å². The molecule has 2 aromatic heterocycles. The largest absolute Gasteiger partial charge is 0.445 e. The molecule has 1 fully saturated rings. The predicted molar refractivity (Wildman–Crippen MR) is 94.8 cm³/mol. The lowest BCUT2D eigenvalue weighted by Crippen LogP contribution is -2.52. The Kier molecular flexibility index (Phi) is 5.78. The molecule has 11 heteroatoms. The molecule has 0 bridgehead atoms. The summed E-state index contributed by atoms with van der Waals surface area (Å²) >= 11 is 0.521. The first kappa shape index (κ1) is 19.3. The van der Waals surface area contributed by atoms with Crippen molar-refractivity contribution in [1.29, 1.82) is 0 Å². The number of aryl methyl sites for hydroxylation is 1. The minimum atomic E-state index is -4.48. The third-order valence-corrected chi connectivity index (χ3v) is 5.13. The van der Waals surface area contributed by atoms with E-state index in [0.717, 1.165) is 11.4 Å². The number of hydrogen-bond donors (Lipinski definition) is 1. The second-order valence-electron chi connectivity index (χ2n) is 6.11. The number of pyridine rings is 1. The Morgan fingerprint density at radius 1 is 1.22 bits per heavy atom. The van der Waals surface area contributed by atoms with Gasteiger partial charge in [0.2, 0.25) is 10.1 Å². The zero-order valence-electron chi connectivity index (χ0n) is 14.7. The standard InChI is InChI=1S/C16H19F3N6OS/c1-11-3-2-4-12(21-11)5-6-20-14(26)24-7-9-25(10-8-24)15-23-22-13(27-15)16(17,18)19/h2-4H,5-10H2,1H3,(H,20,26). The lowest BCUT2D eigenvalue weighted by Gasteiger charge is -2.34. The Morgan fingerprint density at radius 2 is 1.96 bits per heavy atom. The fourth-order valence-electron chi connectivity index (χ4n) is 2.71. The van der Waals surface area contributed by atoms with Crippen molar-refractivity contribution < 1.29 is 18.0 Å². The van der Waals surface area contributed by atoms with Gasteiger partial charge < -0.3 is 15.1 Å². The summed E-state index contributed by atoms with van der Waals surface area (Å²) in [4.78, 5) is 20.0. The molecule has 0 unspecified atom stereocenters. The monoisotopic (exact) mass is 400 g/mol. The van der Waals surface area contributed by atoms with E-state index in [4.69, 9.17) is 0 Å². The van der Waals surface area contributed by atoms with Gasteiger partial charge in [0.1, 0.15) is 0 Å². The van der Waals surface area contributed by atoms with Crippen LogP contribution in [0.3, 0.4) is 0 Å². The van der Waals surface area contributed by atoms with Crippen LogP contribution in [0.15, 0.2) is 18.2 Å². The summed E-state index contributed by atoms with van der Waals surface area (Å²) in [5.41, 5.74) is 1.84. The van der Waals surface area contributed by atoms with Gasteiger partial charge in [-0.05, 0) is 19.1 Å². The molecule has 0 aliphatic carbocycles. The molecular formula is C16H19F3N6OS. The number of nitrogens with one attached hydrogen (secondary N) is 1. The van der Waals surface area contributed by atoms with Gasteiger partial charge in [-0.3, -0.25) is 4.98 Å². The van der Waals surface area contributed by atoms with Crippen LogP contribution in [0.2, 0.25) is 0 Å². The number of amides is 2. The predicted octanol–water partition coefficient (Wildman–Crippen LogP) is 2.33. The van der Waals surface area contributed by atoms with Crippen LogP contribution >= 0.6 is 11.3 Å². The summed E-state index contributed by atoms with van der Waals surface area (Å²) in [6.07, 6.45) is -3.85. The molecule has 3 rings (SSSR count). The summed E-state index contributed by atoms with van der Waals surface area (Å²) in [6, 6.07) is 5.57. The molecule has 0 saturated carbocycles. The number of piperazine rings is 1. The van der Waals surface area contributed by atoms with Crippen molar-refractivity contribution in [3.63, 3.8) is 0 Å². The van der Waals surface area contributed by atoms with Crippen LogP contribution in [0.5, 0.6) is 0 Å². The van der Waals surface area contributed by atoms with Crippen LogP contribution in [-0.2, 0) is 12.6 Å². The number of rotatable bonds is 4. The Morgan fingerprint density at radius 3 is 2.59 bits per heavy atom. The molecule has 0 atom stereocenters. The molecule has 0 spiro atoms. The highest BCUT2D eigenvalue weighted by molar-refractivity contribution is 7.15. The SMILES string of the molecule is Cc1cccc(CCNC(=O)N2CCN(c3nnc(C(F)(F)F)s3)CC2)n1. The Balaban J connectivity index is 1.44. The van der Waals surface area contributed by atoms with Gasteiger partial charge in [-0.2, -0.15) is 13.2 Å². The zero-order valence-corrected chi connectivity index (χ0v) is 15.5. The molecule has 1 aliphatic rings. The lowest BCUT2D eigenvalue weighted by molar-refractivity contribution is -0.138. The number of alkyl halides is 3. The van der Waals surface area contributed by atoms with Crippen molar-refractivity contribution in [3.8, 4) is 0 Å². The number of urea groups is 1. The number of aromatic nitrogens is 3. The molecule has 27 heavy (non-hydrogen) atoms. The van der Waals surface area contributed by atoms with E-state index in [-0.39, 0.29) is 11.2 Å². The molecule has 1 saturated heterocycles. The van der Waals surface area contributed by atoms with Crippen molar-refractivity contribution >= 4 is 22.5 Å². The summed E-state index contributed by atoms with van der Waals surface area (Å²) in [5.74, 6) is 0. The molecule has 146 valence electrons. The topological polar surface area (TPSA) is 74.2 Å². The van der Waals surface area contributed by atoms with E-state index in [2.05, 4.69) is 20.5 Å². The normalized spacial score (nSPS) is 15.1. The van der Waals surface area contributed by atoms with Gasteiger partial charge in [0.15, 0.2) is 0 Å². The van der Waals surface area contributed by atoms with Gasteiger partial charge in [-0.1, -0.05) is 17.4 Å². The van der Waals surface area contributed by atoms with Crippen LogP contribution < -0.4 is 10.2 Å². The van der Waals surface area contributed by atoms with E-state index in [9.17, 15) is 18.0 Å². The van der Waals surface area contributed by atoms with Crippen molar-refractivity contribution in [2.45, 2.75) is 19.5 Å². The van der Waals surface area contributed by atoms with Gasteiger partial charge >= 0.3 is 12.2 Å². The third kappa shape index (κ3) is 5.06. The lowest BCUT2D eigenvalue weighted by atomic mass is 10.2. The Bertz CT molecular complexity index is 788. The average molecular weight is 400 g/mol. The van der Waals surface area contributed by atoms with Gasteiger partial charge in [0.05, 0.1) is 0 Å². The number of anilines is 1. The van der Waals surface area contributed by atoms with E-state index in [1.165, 1.54) is 0 Å². The molecular weight excluding hydrogens is 381 g/mol. The molecule has 0 aromatic carbocycles. The van der Waals surface area contributed by atoms with Crippen LogP contribution in [0.1, 0.15) is 16.4 Å². The first-order chi connectivity index (χ1) is 12.8. The summed E-state index contributed by atoms with van der Waals surface area (Å²) in [6.45, 7) is 4.04. The second-order valence-corrected chi connectivity index (χ2v) is 7.07. The van der Waals surface area contributed by atoms with Gasteiger partial charge in [0, 0.05) is 50.5 Å². The van der Waals surface area contributed by atoms with Crippen molar-refractivity contribution in [2.75, 3.05) is 37.6 Å². The van der Waals surface area contributed by atoms with E-state index < -0.39 is 11.2 Å². The third-order valence-electron chi connectivity index (χ3n) is 4.10. The highest BCUT2D eigenvalue weighted by Gasteiger charge is 2.36. The number of carbonyl (C=O) groups is 1. The van der Waals surface area contributed by atoms with Gasteiger partial charge in [-0.25, -0.2) is 4.79 Å². The van der Waals surface area contributed by atoms with Crippen molar-refractivity contribution in [2.24, 2.45) is 0 Å². The van der Waals surface area contributed by atoms with Gasteiger partial charge in [0.25, 0.3) is 0 Å². The number of carbonyl (C=O) groups excluding carboxylic acids is 1.